The summed E-state index contributed by atoms with van der Waals surface area (Å²) in [6, 6.07) is 12.9. The van der Waals surface area contributed by atoms with E-state index in [1.165, 1.54) is 11.3 Å². The van der Waals surface area contributed by atoms with Crippen molar-refractivity contribution >= 4 is 46.8 Å². The number of aliphatic imine (C=N–C) groups is 1. The third-order valence-electron chi connectivity index (χ3n) is 5.55. The molecule has 1 aliphatic rings. The monoisotopic (exact) mass is 485 g/mol. The van der Waals surface area contributed by atoms with Gasteiger partial charge in [-0.2, -0.15) is 0 Å². The number of amides is 2. The number of hydrogen-bond acceptors (Lipinski definition) is 6. The average molecular weight is 486 g/mol. The highest BCUT2D eigenvalue weighted by Gasteiger charge is 2.21. The van der Waals surface area contributed by atoms with Crippen molar-refractivity contribution in [3.05, 3.63) is 57.4 Å². The summed E-state index contributed by atoms with van der Waals surface area (Å²) in [5.74, 6) is 0.216. The molecule has 0 saturated carbocycles. The van der Waals surface area contributed by atoms with Gasteiger partial charge in [-0.3, -0.25) is 9.59 Å². The largest absolute Gasteiger partial charge is 0.369 e. The number of halogens is 1. The minimum Gasteiger partial charge on any atom is -0.369 e. The van der Waals surface area contributed by atoms with Gasteiger partial charge in [0, 0.05) is 37.7 Å². The van der Waals surface area contributed by atoms with Crippen LogP contribution < -0.4 is 5.73 Å². The van der Waals surface area contributed by atoms with E-state index < -0.39 is 0 Å². The molecule has 0 aliphatic carbocycles. The number of aromatic nitrogens is 1. The van der Waals surface area contributed by atoms with Crippen LogP contribution in [-0.2, 0) is 11.3 Å². The molecule has 4 rings (SSSR count). The number of rotatable bonds is 7. The van der Waals surface area contributed by atoms with Crippen LogP contribution in [0.4, 0.5) is 5.69 Å². The summed E-state index contributed by atoms with van der Waals surface area (Å²) in [7, 11) is 1.71. The molecule has 1 fully saturated rings. The highest BCUT2D eigenvalue weighted by Crippen LogP contribution is 2.25. The lowest BCUT2D eigenvalue weighted by Crippen LogP contribution is -2.37. The predicted molar refractivity (Wildman–Crippen MR) is 129 cm³/mol. The molecule has 2 N–H and O–H groups in total. The number of nitrogens with two attached hydrogens (primary N) is 1. The molecule has 1 aromatic carbocycles. The van der Waals surface area contributed by atoms with Crippen LogP contribution in [0.3, 0.4) is 0 Å². The number of carbonyl (C=O) groups excluding carboxylic acids is 2. The Labute approximate surface area is 200 Å². The number of hydrogen-bond donors (Lipinski definition) is 1. The molecule has 2 amide bonds. The van der Waals surface area contributed by atoms with Gasteiger partial charge >= 0.3 is 0 Å². The number of likely N-dealkylation sites (tertiary alicyclic amines) is 1. The number of carbonyl (C=O) groups is 2. The fourth-order valence-corrected chi connectivity index (χ4v) is 4.65. The lowest BCUT2D eigenvalue weighted by atomic mass is 9.97. The first-order valence-corrected chi connectivity index (χ1v) is 11.7. The van der Waals surface area contributed by atoms with Crippen LogP contribution in [0.15, 0.2) is 52.0 Å². The van der Waals surface area contributed by atoms with Gasteiger partial charge < -0.3 is 20.1 Å². The summed E-state index contributed by atoms with van der Waals surface area (Å²) in [5.41, 5.74) is 7.78. The molecule has 172 valence electrons. The van der Waals surface area contributed by atoms with Crippen molar-refractivity contribution in [2.75, 3.05) is 20.1 Å². The highest BCUT2D eigenvalue weighted by molar-refractivity contribution is 7.17. The Kier molecular flexibility index (Phi) is 7.10. The van der Waals surface area contributed by atoms with Crippen molar-refractivity contribution in [3.8, 4) is 11.3 Å². The van der Waals surface area contributed by atoms with Gasteiger partial charge in [0.2, 0.25) is 5.91 Å². The van der Waals surface area contributed by atoms with E-state index >= 15 is 0 Å². The van der Waals surface area contributed by atoms with Crippen molar-refractivity contribution in [1.29, 1.82) is 0 Å². The summed E-state index contributed by atoms with van der Waals surface area (Å²) >= 11 is 7.17. The maximum absolute atomic E-state index is 12.5. The minimum absolute atomic E-state index is 0.0339. The second kappa shape index (κ2) is 10.2. The van der Waals surface area contributed by atoms with Gasteiger partial charge in [0.15, 0.2) is 5.76 Å². The summed E-state index contributed by atoms with van der Waals surface area (Å²) in [5, 5.41) is 4.13. The molecule has 1 aliphatic heterocycles. The van der Waals surface area contributed by atoms with Crippen LogP contribution in [0.5, 0.6) is 0 Å². The molecular formula is C23H24ClN5O3S. The van der Waals surface area contributed by atoms with Crippen molar-refractivity contribution in [3.63, 3.8) is 0 Å². The van der Waals surface area contributed by atoms with Gasteiger partial charge in [-0.1, -0.05) is 28.9 Å². The van der Waals surface area contributed by atoms with Crippen LogP contribution in [0.25, 0.3) is 11.3 Å². The maximum Gasteiger partial charge on any atom is 0.264 e. The van der Waals surface area contributed by atoms with Crippen molar-refractivity contribution in [1.82, 2.24) is 15.0 Å². The SMILES string of the molecule is CN(Cc1cc(-c2ccc(N=CN3CCC(C(N)=O)CC3)cc2)no1)C(=O)c1ccc(Cl)s1. The maximum atomic E-state index is 12.5. The van der Waals surface area contributed by atoms with Crippen LogP contribution in [0, 0.1) is 5.92 Å². The fraction of sp³-hybridized carbons (Fsp3) is 0.304. The zero-order chi connectivity index (χ0) is 23.4. The summed E-state index contributed by atoms with van der Waals surface area (Å²) < 4.78 is 6.01. The van der Waals surface area contributed by atoms with Gasteiger partial charge in [0.05, 0.1) is 27.8 Å². The molecule has 0 unspecified atom stereocenters. The van der Waals surface area contributed by atoms with E-state index in [0.717, 1.165) is 37.2 Å². The fourth-order valence-electron chi connectivity index (χ4n) is 3.61. The molecule has 10 heteroatoms. The Morgan fingerprint density at radius 1 is 1.27 bits per heavy atom. The van der Waals surface area contributed by atoms with Crippen LogP contribution in [0.2, 0.25) is 4.34 Å². The van der Waals surface area contributed by atoms with E-state index in [1.807, 2.05) is 36.7 Å². The molecule has 33 heavy (non-hydrogen) atoms. The molecular weight excluding hydrogens is 462 g/mol. The van der Waals surface area contributed by atoms with E-state index in [2.05, 4.69) is 15.0 Å². The normalized spacial score (nSPS) is 14.7. The van der Waals surface area contributed by atoms with Crippen molar-refractivity contribution < 1.29 is 14.1 Å². The highest BCUT2D eigenvalue weighted by atomic mass is 35.5. The summed E-state index contributed by atoms with van der Waals surface area (Å²) in [4.78, 5) is 32.5. The Morgan fingerprint density at radius 3 is 2.64 bits per heavy atom. The minimum atomic E-state index is -0.219. The number of thiophene rings is 1. The van der Waals surface area contributed by atoms with Crippen LogP contribution >= 0.6 is 22.9 Å². The summed E-state index contributed by atoms with van der Waals surface area (Å²) in [6.07, 6.45) is 3.33. The Hall–Kier alpha value is -3.17. The average Bonchev–Trinajstić information content (AvgIpc) is 3.47. The number of piperidine rings is 1. The standard InChI is InChI=1S/C23H24ClN5O3S/c1-28(23(31)20-6-7-21(24)33-20)13-18-12-19(27-32-18)15-2-4-17(5-3-15)26-14-29-10-8-16(9-11-29)22(25)30/h2-7,12,14,16H,8-11,13H2,1H3,(H2,25,30). The number of nitrogens with zero attached hydrogens (tertiary/aromatic N) is 4. The first kappa shape index (κ1) is 23.0. The van der Waals surface area contributed by atoms with Crippen LogP contribution in [0.1, 0.15) is 28.3 Å². The van der Waals surface area contributed by atoms with Gasteiger partial charge in [-0.05, 0) is 37.1 Å². The second-order valence-corrected chi connectivity index (χ2v) is 9.66. The quantitative estimate of drug-likeness (QED) is 0.399. The zero-order valence-electron chi connectivity index (χ0n) is 18.1. The lowest BCUT2D eigenvalue weighted by molar-refractivity contribution is -0.122. The lowest BCUT2D eigenvalue weighted by Gasteiger charge is -2.28. The van der Waals surface area contributed by atoms with E-state index in [9.17, 15) is 9.59 Å². The van der Waals surface area contributed by atoms with Gasteiger partial charge in [-0.25, -0.2) is 4.99 Å². The molecule has 3 heterocycles. The first-order chi connectivity index (χ1) is 15.9. The third-order valence-corrected chi connectivity index (χ3v) is 6.77. The van der Waals surface area contributed by atoms with Crippen molar-refractivity contribution in [2.45, 2.75) is 19.4 Å². The third kappa shape index (κ3) is 5.80. The molecule has 0 bridgehead atoms. The Morgan fingerprint density at radius 2 is 2.00 bits per heavy atom. The molecule has 2 aromatic heterocycles. The summed E-state index contributed by atoms with van der Waals surface area (Å²) in [6.45, 7) is 1.84. The van der Waals surface area contributed by atoms with E-state index in [4.69, 9.17) is 21.9 Å². The Balaban J connectivity index is 1.33. The topological polar surface area (TPSA) is 105 Å². The molecule has 0 radical (unpaired) electrons. The zero-order valence-corrected chi connectivity index (χ0v) is 19.7. The number of primary amides is 1. The van der Waals surface area contributed by atoms with E-state index in [0.29, 0.717) is 27.2 Å². The number of benzene rings is 1. The smallest absolute Gasteiger partial charge is 0.264 e. The van der Waals surface area contributed by atoms with Gasteiger partial charge in [0.1, 0.15) is 5.69 Å². The second-order valence-electron chi connectivity index (χ2n) is 7.95. The molecule has 1 saturated heterocycles. The molecule has 3 aromatic rings. The van der Waals surface area contributed by atoms with Gasteiger partial charge in [-0.15, -0.1) is 11.3 Å². The van der Waals surface area contributed by atoms with E-state index in [-0.39, 0.29) is 17.7 Å². The Bertz CT molecular complexity index is 1150. The predicted octanol–water partition coefficient (Wildman–Crippen LogP) is 4.19. The first-order valence-electron chi connectivity index (χ1n) is 10.5. The molecule has 8 nitrogen and oxygen atoms in total. The van der Waals surface area contributed by atoms with E-state index in [1.54, 1.807) is 24.1 Å². The van der Waals surface area contributed by atoms with Crippen molar-refractivity contribution in [2.24, 2.45) is 16.6 Å². The van der Waals surface area contributed by atoms with Crippen LogP contribution in [-0.4, -0.2) is 53.2 Å². The molecule has 0 spiro atoms. The van der Waals surface area contributed by atoms with Gasteiger partial charge in [0.25, 0.3) is 5.91 Å². The molecule has 0 atom stereocenters.